The lowest BCUT2D eigenvalue weighted by Crippen LogP contribution is -2.02. The number of fused-ring (bicyclic) bond motifs is 3. The van der Waals surface area contributed by atoms with E-state index in [1.165, 1.54) is 20.2 Å². The van der Waals surface area contributed by atoms with Crippen molar-refractivity contribution in [3.63, 3.8) is 0 Å². The summed E-state index contributed by atoms with van der Waals surface area (Å²) < 4.78 is 2.42. The molecule has 55 heavy (non-hydrogen) atoms. The number of hydrogen-bond acceptors (Lipinski definition) is 7. The van der Waals surface area contributed by atoms with Crippen molar-refractivity contribution in [2.45, 2.75) is 0 Å². The van der Waals surface area contributed by atoms with Gasteiger partial charge in [-0.2, -0.15) is 0 Å². The predicted octanol–water partition coefficient (Wildman–Crippen LogP) is 12.1. The molecule has 0 fully saturated rings. The van der Waals surface area contributed by atoms with Crippen molar-refractivity contribution in [2.24, 2.45) is 0 Å². The van der Waals surface area contributed by atoms with Crippen LogP contribution >= 0.6 is 11.3 Å². The molecule has 0 bridgehead atoms. The predicted molar refractivity (Wildman–Crippen MR) is 224 cm³/mol. The van der Waals surface area contributed by atoms with Crippen molar-refractivity contribution in [3.8, 4) is 79.5 Å². The van der Waals surface area contributed by atoms with E-state index in [1.807, 2.05) is 121 Å². The third-order valence-corrected chi connectivity index (χ3v) is 10.8. The van der Waals surface area contributed by atoms with Crippen LogP contribution in [0, 0.1) is 0 Å². The van der Waals surface area contributed by atoms with E-state index in [-0.39, 0.29) is 0 Å². The molecule has 10 aromatic rings. The zero-order valence-corrected chi connectivity index (χ0v) is 30.2. The monoisotopic (exact) mass is 722 g/mol. The smallest absolute Gasteiger partial charge is 0.164 e. The van der Waals surface area contributed by atoms with Gasteiger partial charge in [0.05, 0.1) is 0 Å². The zero-order valence-electron chi connectivity index (χ0n) is 29.4. The van der Waals surface area contributed by atoms with E-state index in [2.05, 4.69) is 60.7 Å². The first-order valence-corrected chi connectivity index (χ1v) is 18.9. The minimum Gasteiger partial charge on any atom is -0.208 e. The standard InChI is InChI=1S/C48H30N6S/c1-5-16-31(17-6-1)43-49-44(32-18-7-2-8-19-32)52-47(51-43)35-28-29-39(40(30-35)38-26-15-25-37-36-24-13-14-27-41(36)55-42(37)38)48-53-45(33-20-9-3-10-21-33)50-46(54-48)34-22-11-4-12-23-34/h1-30H. The Hall–Kier alpha value is -7.22. The Morgan fingerprint density at radius 1 is 0.273 bits per heavy atom. The summed E-state index contributed by atoms with van der Waals surface area (Å²) in [5.74, 6) is 3.60. The first-order chi connectivity index (χ1) is 27.2. The van der Waals surface area contributed by atoms with Gasteiger partial charge in [-0.3, -0.25) is 0 Å². The summed E-state index contributed by atoms with van der Waals surface area (Å²) in [6, 6.07) is 61.7. The molecule has 3 heterocycles. The van der Waals surface area contributed by atoms with Crippen molar-refractivity contribution in [2.75, 3.05) is 0 Å². The molecule has 0 atom stereocenters. The van der Waals surface area contributed by atoms with Gasteiger partial charge in [-0.15, -0.1) is 11.3 Å². The second-order valence-electron chi connectivity index (χ2n) is 13.1. The fourth-order valence-corrected chi connectivity index (χ4v) is 8.16. The lowest BCUT2D eigenvalue weighted by molar-refractivity contribution is 1.07. The van der Waals surface area contributed by atoms with Gasteiger partial charge in [-0.05, 0) is 23.8 Å². The summed E-state index contributed by atoms with van der Waals surface area (Å²) in [5, 5.41) is 2.44. The molecule has 258 valence electrons. The summed E-state index contributed by atoms with van der Waals surface area (Å²) in [6.07, 6.45) is 0. The van der Waals surface area contributed by atoms with E-state index < -0.39 is 0 Å². The number of thiophene rings is 1. The number of rotatable bonds is 7. The lowest BCUT2D eigenvalue weighted by Gasteiger charge is -2.15. The van der Waals surface area contributed by atoms with Gasteiger partial charge in [-0.1, -0.05) is 164 Å². The zero-order chi connectivity index (χ0) is 36.6. The van der Waals surface area contributed by atoms with E-state index in [4.69, 9.17) is 29.9 Å². The molecule has 0 aliphatic heterocycles. The van der Waals surface area contributed by atoms with Gasteiger partial charge in [0.1, 0.15) is 0 Å². The average Bonchev–Trinajstić information content (AvgIpc) is 3.66. The fourth-order valence-electron chi connectivity index (χ4n) is 6.93. The Bertz CT molecular complexity index is 2850. The van der Waals surface area contributed by atoms with Crippen molar-refractivity contribution >= 4 is 31.5 Å². The van der Waals surface area contributed by atoms with Crippen LogP contribution < -0.4 is 0 Å². The molecule has 0 saturated heterocycles. The van der Waals surface area contributed by atoms with Gasteiger partial charge in [0.15, 0.2) is 34.9 Å². The van der Waals surface area contributed by atoms with E-state index in [1.54, 1.807) is 11.3 Å². The van der Waals surface area contributed by atoms with Gasteiger partial charge < -0.3 is 0 Å². The van der Waals surface area contributed by atoms with Crippen LogP contribution in [0.2, 0.25) is 0 Å². The molecular formula is C48H30N6S. The molecule has 0 spiro atoms. The van der Waals surface area contributed by atoms with Crippen molar-refractivity contribution < 1.29 is 0 Å². The summed E-state index contributed by atoms with van der Waals surface area (Å²) in [6.45, 7) is 0. The normalized spacial score (nSPS) is 11.3. The first-order valence-electron chi connectivity index (χ1n) is 18.0. The SMILES string of the molecule is c1ccc(-c2nc(-c3ccccc3)nc(-c3ccc(-c4nc(-c5ccccc5)nc(-c5ccccc5)n4)c(-c4cccc5c4sc4ccccc45)c3)n2)cc1. The second kappa shape index (κ2) is 14.0. The van der Waals surface area contributed by atoms with E-state index >= 15 is 0 Å². The molecule has 0 N–H and O–H groups in total. The molecule has 6 nitrogen and oxygen atoms in total. The highest BCUT2D eigenvalue weighted by Crippen LogP contribution is 2.43. The molecule has 0 radical (unpaired) electrons. The van der Waals surface area contributed by atoms with Crippen molar-refractivity contribution in [3.05, 3.63) is 182 Å². The maximum absolute atomic E-state index is 5.16. The molecule has 10 rings (SSSR count). The van der Waals surface area contributed by atoms with Gasteiger partial charge in [0, 0.05) is 59.1 Å². The van der Waals surface area contributed by atoms with Gasteiger partial charge in [0.25, 0.3) is 0 Å². The number of nitrogens with zero attached hydrogens (tertiary/aromatic N) is 6. The van der Waals surface area contributed by atoms with Crippen LogP contribution in [0.25, 0.3) is 99.6 Å². The van der Waals surface area contributed by atoms with E-state index in [9.17, 15) is 0 Å². The van der Waals surface area contributed by atoms with Crippen LogP contribution in [-0.2, 0) is 0 Å². The fraction of sp³-hybridized carbons (Fsp3) is 0. The van der Waals surface area contributed by atoms with Crippen LogP contribution in [0.1, 0.15) is 0 Å². The molecule has 0 aliphatic rings. The van der Waals surface area contributed by atoms with Crippen molar-refractivity contribution in [1.29, 1.82) is 0 Å². The molecule has 7 heteroatoms. The summed E-state index contributed by atoms with van der Waals surface area (Å²) in [7, 11) is 0. The van der Waals surface area contributed by atoms with E-state index in [0.717, 1.165) is 44.5 Å². The Kier molecular flexibility index (Phi) is 8.24. The Labute approximate surface area is 321 Å². The Balaban J connectivity index is 1.24. The largest absolute Gasteiger partial charge is 0.208 e. The van der Waals surface area contributed by atoms with Crippen LogP contribution in [0.3, 0.4) is 0 Å². The molecule has 0 saturated carbocycles. The first kappa shape index (κ1) is 32.4. The van der Waals surface area contributed by atoms with Crippen LogP contribution in [0.15, 0.2) is 182 Å². The highest BCUT2D eigenvalue weighted by molar-refractivity contribution is 7.26. The van der Waals surface area contributed by atoms with Crippen LogP contribution in [0.4, 0.5) is 0 Å². The summed E-state index contributed by atoms with van der Waals surface area (Å²) >= 11 is 1.79. The third kappa shape index (κ3) is 6.22. The maximum Gasteiger partial charge on any atom is 0.164 e. The van der Waals surface area contributed by atoms with Crippen LogP contribution in [-0.4, -0.2) is 29.9 Å². The molecular weight excluding hydrogens is 693 g/mol. The number of hydrogen-bond donors (Lipinski definition) is 0. The van der Waals surface area contributed by atoms with Crippen LogP contribution in [0.5, 0.6) is 0 Å². The summed E-state index contributed by atoms with van der Waals surface area (Å²) in [4.78, 5) is 30.4. The maximum atomic E-state index is 5.16. The molecule has 7 aromatic carbocycles. The average molecular weight is 723 g/mol. The number of benzene rings is 7. The Morgan fingerprint density at radius 2 is 0.691 bits per heavy atom. The minimum absolute atomic E-state index is 0.578. The highest BCUT2D eigenvalue weighted by Gasteiger charge is 2.21. The van der Waals surface area contributed by atoms with Crippen molar-refractivity contribution in [1.82, 2.24) is 29.9 Å². The lowest BCUT2D eigenvalue weighted by atomic mass is 9.95. The molecule has 0 unspecified atom stereocenters. The van der Waals surface area contributed by atoms with E-state index in [0.29, 0.717) is 34.9 Å². The topological polar surface area (TPSA) is 77.3 Å². The molecule has 0 amide bonds. The minimum atomic E-state index is 0.578. The van der Waals surface area contributed by atoms with Gasteiger partial charge in [0.2, 0.25) is 0 Å². The quantitative estimate of drug-likeness (QED) is 0.163. The highest BCUT2D eigenvalue weighted by atomic mass is 32.1. The van der Waals surface area contributed by atoms with Gasteiger partial charge >= 0.3 is 0 Å². The second-order valence-corrected chi connectivity index (χ2v) is 14.2. The molecule has 0 aliphatic carbocycles. The van der Waals surface area contributed by atoms with Gasteiger partial charge in [-0.25, -0.2) is 29.9 Å². The number of aromatic nitrogens is 6. The Morgan fingerprint density at radius 3 is 1.20 bits per heavy atom. The molecule has 3 aromatic heterocycles. The third-order valence-electron chi connectivity index (χ3n) is 9.61. The summed E-state index contributed by atoms with van der Waals surface area (Å²) in [5.41, 5.74) is 7.46.